The van der Waals surface area contributed by atoms with Crippen LogP contribution in [0.3, 0.4) is 0 Å². The Bertz CT molecular complexity index is 1440. The van der Waals surface area contributed by atoms with Crippen LogP contribution in [-0.4, -0.2) is 37.2 Å². The van der Waals surface area contributed by atoms with Crippen molar-refractivity contribution in [2.24, 2.45) is 0 Å². The van der Waals surface area contributed by atoms with Gasteiger partial charge in [-0.2, -0.15) is 0 Å². The molecule has 1 unspecified atom stereocenters. The van der Waals surface area contributed by atoms with Crippen LogP contribution in [0.4, 0.5) is 0 Å². The number of hydrogen-bond acceptors (Lipinski definition) is 6. The van der Waals surface area contributed by atoms with Gasteiger partial charge in [-0.05, 0) is 116 Å². The maximum absolute atomic E-state index is 12.9. The summed E-state index contributed by atoms with van der Waals surface area (Å²) in [5.74, 6) is -0.888. The lowest BCUT2D eigenvalue weighted by Crippen LogP contribution is -2.30. The van der Waals surface area contributed by atoms with E-state index in [1.54, 1.807) is 0 Å². The third kappa shape index (κ3) is 63.7. The van der Waals surface area contributed by atoms with Crippen molar-refractivity contribution in [3.05, 3.63) is 72.9 Å². The fraction of sp³-hybridized carbons (Fsp3) is 0.792. The van der Waals surface area contributed by atoms with Crippen LogP contribution >= 0.6 is 0 Å². The quantitative estimate of drug-likeness (QED) is 0.0261. The molecule has 452 valence electrons. The van der Waals surface area contributed by atoms with Crippen LogP contribution in [0.25, 0.3) is 0 Å². The van der Waals surface area contributed by atoms with Crippen LogP contribution in [-0.2, 0) is 28.6 Å². The van der Waals surface area contributed by atoms with Gasteiger partial charge in [0.05, 0.1) is 0 Å². The number of unbranched alkanes of at least 4 members (excludes halogenated alkanes) is 39. The van der Waals surface area contributed by atoms with Gasteiger partial charge in [0, 0.05) is 19.3 Å². The van der Waals surface area contributed by atoms with Crippen molar-refractivity contribution in [1.29, 1.82) is 0 Å². The van der Waals surface area contributed by atoms with E-state index in [0.29, 0.717) is 19.3 Å². The van der Waals surface area contributed by atoms with Crippen LogP contribution in [0.5, 0.6) is 0 Å². The predicted octanol–water partition coefficient (Wildman–Crippen LogP) is 23.3. The molecule has 0 spiro atoms. The van der Waals surface area contributed by atoms with Crippen LogP contribution in [0.1, 0.15) is 348 Å². The van der Waals surface area contributed by atoms with Gasteiger partial charge >= 0.3 is 17.9 Å². The molecule has 0 aromatic carbocycles. The number of rotatable bonds is 62. The number of esters is 3. The summed E-state index contributed by atoms with van der Waals surface area (Å²) in [5.41, 5.74) is 0. The Morgan fingerprint density at radius 1 is 0.256 bits per heavy atom. The largest absolute Gasteiger partial charge is 0.462 e. The zero-order chi connectivity index (χ0) is 56.4. The van der Waals surface area contributed by atoms with Gasteiger partial charge in [0.2, 0.25) is 0 Å². The molecule has 0 aliphatic heterocycles. The van der Waals surface area contributed by atoms with E-state index in [1.807, 2.05) is 0 Å². The Labute approximate surface area is 484 Å². The first-order valence-corrected chi connectivity index (χ1v) is 33.9. The fourth-order valence-electron chi connectivity index (χ4n) is 9.77. The van der Waals surface area contributed by atoms with E-state index < -0.39 is 6.10 Å². The van der Waals surface area contributed by atoms with Gasteiger partial charge in [0.1, 0.15) is 13.2 Å². The Balaban J connectivity index is 4.19. The first-order chi connectivity index (χ1) is 38.5. The number of hydrogen-bond donors (Lipinski definition) is 0. The van der Waals surface area contributed by atoms with Crippen molar-refractivity contribution in [3.63, 3.8) is 0 Å². The molecule has 0 bridgehead atoms. The predicted molar refractivity (Wildman–Crippen MR) is 339 cm³/mol. The van der Waals surface area contributed by atoms with Crippen LogP contribution in [0.2, 0.25) is 0 Å². The number of carbonyl (C=O) groups excluding carboxylic acids is 3. The highest BCUT2D eigenvalue weighted by atomic mass is 16.6. The van der Waals surface area contributed by atoms with E-state index in [0.717, 1.165) is 103 Å². The molecule has 78 heavy (non-hydrogen) atoms. The second-order valence-electron chi connectivity index (χ2n) is 22.7. The lowest BCUT2D eigenvalue weighted by atomic mass is 10.0. The highest BCUT2D eigenvalue weighted by Gasteiger charge is 2.19. The second-order valence-corrected chi connectivity index (χ2v) is 22.7. The first-order valence-electron chi connectivity index (χ1n) is 33.9. The minimum absolute atomic E-state index is 0.0812. The summed E-state index contributed by atoms with van der Waals surface area (Å²) in [4.78, 5) is 38.3. The van der Waals surface area contributed by atoms with Crippen molar-refractivity contribution < 1.29 is 28.6 Å². The van der Waals surface area contributed by atoms with Crippen molar-refractivity contribution in [3.8, 4) is 0 Å². The zero-order valence-electron chi connectivity index (χ0n) is 51.9. The summed E-state index contributed by atoms with van der Waals surface area (Å²) in [6.45, 7) is 6.61. The van der Waals surface area contributed by atoms with Gasteiger partial charge in [-0.25, -0.2) is 0 Å². The van der Waals surface area contributed by atoms with Gasteiger partial charge < -0.3 is 14.2 Å². The standard InChI is InChI=1S/C72H128O6/c1-4-7-10-13-16-19-22-25-28-29-30-31-32-33-34-35-36-37-38-39-40-41-42-43-45-47-50-53-56-59-62-65-71(74)77-68-69(67-76-70(73)64-61-58-55-52-49-46-27-24-21-18-15-12-9-6-3)78-72(75)66-63-60-57-54-51-48-44-26-23-20-17-14-11-8-5-2/h17,20,22,24-27,29-30,32-33,44,69H,4-16,18-19,21,23,28,31,34-43,45-68H2,1-3H3/b20-17-,25-22-,27-24-,30-29-,33-32-,44-26-. The van der Waals surface area contributed by atoms with E-state index in [2.05, 4.69) is 93.7 Å². The molecule has 6 nitrogen and oxygen atoms in total. The van der Waals surface area contributed by atoms with Crippen molar-refractivity contribution >= 4 is 17.9 Å². The molecule has 0 amide bonds. The number of carbonyl (C=O) groups is 3. The normalized spacial score (nSPS) is 12.5. The van der Waals surface area contributed by atoms with Gasteiger partial charge in [0.25, 0.3) is 0 Å². The molecular weight excluding hydrogens is 961 g/mol. The monoisotopic (exact) mass is 1090 g/mol. The Kier molecular flexibility index (Phi) is 63.7. The maximum Gasteiger partial charge on any atom is 0.306 e. The smallest absolute Gasteiger partial charge is 0.306 e. The lowest BCUT2D eigenvalue weighted by molar-refractivity contribution is -0.167. The van der Waals surface area contributed by atoms with Crippen LogP contribution in [0.15, 0.2) is 72.9 Å². The highest BCUT2D eigenvalue weighted by Crippen LogP contribution is 2.17. The third-order valence-corrected chi connectivity index (χ3v) is 14.9. The Morgan fingerprint density at radius 3 is 0.756 bits per heavy atom. The van der Waals surface area contributed by atoms with Gasteiger partial charge in [0.15, 0.2) is 6.10 Å². The van der Waals surface area contributed by atoms with Gasteiger partial charge in [-0.3, -0.25) is 14.4 Å². The SMILES string of the molecule is CCCCC/C=C\C/C=C\CCCCCCCC(=O)OC(COC(=O)CCCCCCC/C=C\CCCCCCC)COC(=O)CCCCCCCCCCCCCCCCCC/C=C\C/C=C\C/C=C\CCCCCCC. The average Bonchev–Trinajstić information content (AvgIpc) is 3.44. The molecule has 0 aromatic heterocycles. The molecule has 0 aliphatic rings. The summed E-state index contributed by atoms with van der Waals surface area (Å²) in [6, 6.07) is 0. The summed E-state index contributed by atoms with van der Waals surface area (Å²) in [5, 5.41) is 0. The van der Waals surface area contributed by atoms with Crippen molar-refractivity contribution in [2.45, 2.75) is 354 Å². The van der Waals surface area contributed by atoms with Gasteiger partial charge in [-0.15, -0.1) is 0 Å². The van der Waals surface area contributed by atoms with E-state index >= 15 is 0 Å². The van der Waals surface area contributed by atoms with Crippen LogP contribution in [0, 0.1) is 0 Å². The molecule has 0 saturated heterocycles. The van der Waals surface area contributed by atoms with Crippen LogP contribution < -0.4 is 0 Å². The van der Waals surface area contributed by atoms with Crippen molar-refractivity contribution in [2.75, 3.05) is 13.2 Å². The molecule has 0 fully saturated rings. The Morgan fingerprint density at radius 2 is 0.462 bits per heavy atom. The molecular formula is C72H128O6. The maximum atomic E-state index is 12.9. The van der Waals surface area contributed by atoms with Gasteiger partial charge in [-0.1, -0.05) is 286 Å². The summed E-state index contributed by atoms with van der Waals surface area (Å²) in [6.07, 6.45) is 86.4. The van der Waals surface area contributed by atoms with E-state index in [4.69, 9.17) is 14.2 Å². The van der Waals surface area contributed by atoms with E-state index in [1.165, 1.54) is 205 Å². The minimum atomic E-state index is -0.786. The first kappa shape index (κ1) is 74.8. The molecule has 0 rings (SSSR count). The molecule has 0 saturated carbocycles. The molecule has 0 N–H and O–H groups in total. The van der Waals surface area contributed by atoms with Crippen molar-refractivity contribution in [1.82, 2.24) is 0 Å². The second kappa shape index (κ2) is 66.4. The minimum Gasteiger partial charge on any atom is -0.462 e. The zero-order valence-corrected chi connectivity index (χ0v) is 51.9. The number of ether oxygens (including phenoxy) is 3. The summed E-state index contributed by atoms with van der Waals surface area (Å²) < 4.78 is 16.9. The van der Waals surface area contributed by atoms with E-state index in [9.17, 15) is 14.4 Å². The molecule has 0 aromatic rings. The summed E-state index contributed by atoms with van der Waals surface area (Å²) in [7, 11) is 0. The van der Waals surface area contributed by atoms with E-state index in [-0.39, 0.29) is 31.1 Å². The molecule has 6 heteroatoms. The summed E-state index contributed by atoms with van der Waals surface area (Å²) >= 11 is 0. The Hall–Kier alpha value is -3.15. The molecule has 0 heterocycles. The lowest BCUT2D eigenvalue weighted by Gasteiger charge is -2.18. The topological polar surface area (TPSA) is 78.9 Å². The molecule has 1 atom stereocenters. The average molecular weight is 1090 g/mol. The molecule has 0 radical (unpaired) electrons. The highest BCUT2D eigenvalue weighted by molar-refractivity contribution is 5.71. The molecule has 0 aliphatic carbocycles. The fourth-order valence-corrected chi connectivity index (χ4v) is 9.77. The third-order valence-electron chi connectivity index (χ3n) is 14.9. The number of allylic oxidation sites excluding steroid dienone is 12.